The van der Waals surface area contributed by atoms with Gasteiger partial charge in [0.2, 0.25) is 5.76 Å². The molecule has 0 aromatic carbocycles. The van der Waals surface area contributed by atoms with Crippen LogP contribution in [0.25, 0.3) is 0 Å². The van der Waals surface area contributed by atoms with Crippen LogP contribution in [0.5, 0.6) is 0 Å². The van der Waals surface area contributed by atoms with Gasteiger partial charge < -0.3 is 14.7 Å². The van der Waals surface area contributed by atoms with Gasteiger partial charge in [-0.05, 0) is 31.4 Å². The summed E-state index contributed by atoms with van der Waals surface area (Å²) in [4.78, 5) is 18.6. The van der Waals surface area contributed by atoms with E-state index in [0.29, 0.717) is 12.2 Å². The van der Waals surface area contributed by atoms with Gasteiger partial charge in [-0.15, -0.1) is 0 Å². The van der Waals surface area contributed by atoms with Gasteiger partial charge in [0.15, 0.2) is 0 Å². The van der Waals surface area contributed by atoms with E-state index in [9.17, 15) is 4.79 Å². The number of rotatable bonds is 4. The molecule has 0 radical (unpaired) electrons. The first-order valence-corrected chi connectivity index (χ1v) is 7.14. The van der Waals surface area contributed by atoms with Gasteiger partial charge in [0, 0.05) is 31.9 Å². The van der Waals surface area contributed by atoms with Crippen molar-refractivity contribution in [1.29, 1.82) is 0 Å². The molecule has 1 aliphatic heterocycles. The topological polar surface area (TPSA) is 71.3 Å². The number of carbonyl (C=O) groups excluding carboxylic acids is 1. The van der Waals surface area contributed by atoms with Gasteiger partial charge in [-0.1, -0.05) is 11.2 Å². The highest BCUT2D eigenvalue weighted by atomic mass is 16.5. The fraction of sp³-hybridized carbons (Fsp3) is 0.400. The summed E-state index contributed by atoms with van der Waals surface area (Å²) < 4.78 is 4.92. The number of anilines is 1. The molecular formula is C15H18N4O2. The molecule has 0 saturated carbocycles. The Hall–Kier alpha value is -2.37. The minimum Gasteiger partial charge on any atom is -0.357 e. The predicted molar refractivity (Wildman–Crippen MR) is 78.1 cm³/mol. The number of carbonyl (C=O) groups is 1. The molecule has 0 atom stereocenters. The quantitative estimate of drug-likeness (QED) is 0.929. The minimum atomic E-state index is -0.265. The van der Waals surface area contributed by atoms with E-state index in [1.807, 2.05) is 12.1 Å². The molecule has 1 fully saturated rings. The zero-order chi connectivity index (χ0) is 14.7. The number of aryl methyl sites for hydroxylation is 1. The first-order valence-electron chi connectivity index (χ1n) is 7.14. The van der Waals surface area contributed by atoms with E-state index in [2.05, 4.69) is 20.4 Å². The lowest BCUT2D eigenvalue weighted by Gasteiger charge is -2.16. The van der Waals surface area contributed by atoms with Crippen LogP contribution in [0.4, 0.5) is 5.82 Å². The number of nitrogens with zero attached hydrogens (tertiary/aromatic N) is 3. The van der Waals surface area contributed by atoms with Crippen LogP contribution in [-0.4, -0.2) is 29.1 Å². The Bertz CT molecular complexity index is 615. The van der Waals surface area contributed by atoms with Crippen molar-refractivity contribution in [3.05, 3.63) is 41.4 Å². The van der Waals surface area contributed by atoms with E-state index in [4.69, 9.17) is 4.52 Å². The summed E-state index contributed by atoms with van der Waals surface area (Å²) in [5.74, 6) is 0.974. The molecule has 0 bridgehead atoms. The molecule has 0 spiro atoms. The van der Waals surface area contributed by atoms with Gasteiger partial charge in [-0.25, -0.2) is 4.98 Å². The molecule has 6 heteroatoms. The number of pyridine rings is 1. The molecule has 21 heavy (non-hydrogen) atoms. The van der Waals surface area contributed by atoms with E-state index < -0.39 is 0 Å². The van der Waals surface area contributed by atoms with Gasteiger partial charge >= 0.3 is 0 Å². The summed E-state index contributed by atoms with van der Waals surface area (Å²) in [6.07, 6.45) is 4.27. The number of hydrogen-bond acceptors (Lipinski definition) is 5. The predicted octanol–water partition coefficient (Wildman–Crippen LogP) is 1.91. The minimum absolute atomic E-state index is 0.231. The molecule has 6 nitrogen and oxygen atoms in total. The SMILES string of the molecule is Cc1cc(C(=O)NCc2ccc(N3CCCC3)nc2)on1. The highest BCUT2D eigenvalue weighted by Crippen LogP contribution is 2.17. The third-order valence-corrected chi connectivity index (χ3v) is 3.54. The maximum Gasteiger partial charge on any atom is 0.290 e. The van der Waals surface area contributed by atoms with Crippen LogP contribution in [0.2, 0.25) is 0 Å². The second-order valence-corrected chi connectivity index (χ2v) is 5.23. The van der Waals surface area contributed by atoms with E-state index in [-0.39, 0.29) is 11.7 Å². The monoisotopic (exact) mass is 286 g/mol. The summed E-state index contributed by atoms with van der Waals surface area (Å²) in [5, 5.41) is 6.49. The number of hydrogen-bond donors (Lipinski definition) is 1. The Labute approximate surface area is 123 Å². The van der Waals surface area contributed by atoms with Crippen LogP contribution in [0, 0.1) is 6.92 Å². The van der Waals surface area contributed by atoms with Crippen molar-refractivity contribution in [2.45, 2.75) is 26.3 Å². The Kier molecular flexibility index (Phi) is 3.85. The van der Waals surface area contributed by atoms with E-state index in [1.54, 1.807) is 19.2 Å². The van der Waals surface area contributed by atoms with Crippen LogP contribution < -0.4 is 10.2 Å². The van der Waals surface area contributed by atoms with Crippen molar-refractivity contribution >= 4 is 11.7 Å². The lowest BCUT2D eigenvalue weighted by molar-refractivity contribution is 0.0914. The number of nitrogens with one attached hydrogen (secondary N) is 1. The highest BCUT2D eigenvalue weighted by molar-refractivity contribution is 5.91. The Morgan fingerprint density at radius 3 is 2.81 bits per heavy atom. The molecule has 1 saturated heterocycles. The first-order chi connectivity index (χ1) is 10.2. The lowest BCUT2D eigenvalue weighted by Crippen LogP contribution is -2.23. The standard InChI is InChI=1S/C15H18N4O2/c1-11-8-13(21-18-11)15(20)17-10-12-4-5-14(16-9-12)19-6-2-3-7-19/h4-5,8-9H,2-3,6-7,10H2,1H3,(H,17,20). The molecule has 1 amide bonds. The normalized spacial score (nSPS) is 14.4. The van der Waals surface area contributed by atoms with Gasteiger partial charge in [0.25, 0.3) is 5.91 Å². The third-order valence-electron chi connectivity index (χ3n) is 3.54. The zero-order valence-electron chi connectivity index (χ0n) is 12.0. The van der Waals surface area contributed by atoms with Crippen molar-refractivity contribution in [3.63, 3.8) is 0 Å². The molecule has 1 N–H and O–H groups in total. The number of amides is 1. The van der Waals surface area contributed by atoms with Crippen LogP contribution in [0.15, 0.2) is 28.9 Å². The second-order valence-electron chi connectivity index (χ2n) is 5.23. The van der Waals surface area contributed by atoms with Crippen LogP contribution in [-0.2, 0) is 6.54 Å². The molecule has 3 rings (SSSR count). The van der Waals surface area contributed by atoms with E-state index in [0.717, 1.165) is 24.5 Å². The van der Waals surface area contributed by atoms with Gasteiger partial charge in [-0.3, -0.25) is 4.79 Å². The van der Waals surface area contributed by atoms with Crippen molar-refractivity contribution in [3.8, 4) is 0 Å². The molecule has 3 heterocycles. The summed E-state index contributed by atoms with van der Waals surface area (Å²) in [7, 11) is 0. The van der Waals surface area contributed by atoms with Crippen LogP contribution in [0.1, 0.15) is 34.7 Å². The van der Waals surface area contributed by atoms with E-state index in [1.165, 1.54) is 12.8 Å². The largest absolute Gasteiger partial charge is 0.357 e. The molecular weight excluding hydrogens is 268 g/mol. The fourth-order valence-corrected chi connectivity index (χ4v) is 2.39. The molecule has 1 aliphatic rings. The van der Waals surface area contributed by atoms with Crippen molar-refractivity contribution in [2.75, 3.05) is 18.0 Å². The maximum atomic E-state index is 11.8. The summed E-state index contributed by atoms with van der Waals surface area (Å²) in [5.41, 5.74) is 1.65. The fourth-order valence-electron chi connectivity index (χ4n) is 2.39. The Morgan fingerprint density at radius 1 is 1.38 bits per heavy atom. The first kappa shape index (κ1) is 13.6. The van der Waals surface area contributed by atoms with Crippen molar-refractivity contribution in [1.82, 2.24) is 15.5 Å². The lowest BCUT2D eigenvalue weighted by atomic mass is 10.2. The second kappa shape index (κ2) is 5.95. The highest BCUT2D eigenvalue weighted by Gasteiger charge is 2.14. The van der Waals surface area contributed by atoms with Crippen LogP contribution >= 0.6 is 0 Å². The molecule has 2 aromatic rings. The molecule has 110 valence electrons. The van der Waals surface area contributed by atoms with Crippen molar-refractivity contribution in [2.24, 2.45) is 0 Å². The van der Waals surface area contributed by atoms with Gasteiger partial charge in [0.05, 0.1) is 5.69 Å². The number of aromatic nitrogens is 2. The maximum absolute atomic E-state index is 11.8. The Morgan fingerprint density at radius 2 is 2.19 bits per heavy atom. The zero-order valence-corrected chi connectivity index (χ0v) is 12.0. The van der Waals surface area contributed by atoms with E-state index >= 15 is 0 Å². The third kappa shape index (κ3) is 3.21. The average molecular weight is 286 g/mol. The molecule has 0 unspecified atom stereocenters. The smallest absolute Gasteiger partial charge is 0.290 e. The average Bonchev–Trinajstić information content (AvgIpc) is 3.16. The molecule has 0 aliphatic carbocycles. The van der Waals surface area contributed by atoms with Gasteiger partial charge in [0.1, 0.15) is 5.82 Å². The summed E-state index contributed by atoms with van der Waals surface area (Å²) in [6.45, 7) is 4.36. The summed E-state index contributed by atoms with van der Waals surface area (Å²) in [6, 6.07) is 5.61. The summed E-state index contributed by atoms with van der Waals surface area (Å²) >= 11 is 0. The van der Waals surface area contributed by atoms with Crippen molar-refractivity contribution < 1.29 is 9.32 Å². The Balaban J connectivity index is 1.56. The van der Waals surface area contributed by atoms with Crippen LogP contribution in [0.3, 0.4) is 0 Å². The molecule has 2 aromatic heterocycles. The van der Waals surface area contributed by atoms with Gasteiger partial charge in [-0.2, -0.15) is 0 Å².